The van der Waals surface area contributed by atoms with Gasteiger partial charge in [-0.2, -0.15) is 0 Å². The van der Waals surface area contributed by atoms with Crippen LogP contribution in [-0.2, 0) is 14.8 Å². The Balaban J connectivity index is 1.59. The quantitative estimate of drug-likeness (QED) is 0.442. The standard InChI is InChI=1S/C25H27N3O6S/c1-4-33-21-13-9-20(10-14-21)27-35(31,32)23-15-5-18(6-16-23)25(30)26-19-7-11-22(12-8-19)34-17-24(29)28(2)3/h5-16,27H,4,17H2,1-3H3,(H,26,30). The predicted octanol–water partition coefficient (Wildman–Crippen LogP) is 3.61. The Bertz CT molecular complexity index is 1260. The van der Waals surface area contributed by atoms with E-state index < -0.39 is 15.9 Å². The summed E-state index contributed by atoms with van der Waals surface area (Å²) in [6, 6.07) is 18.8. The van der Waals surface area contributed by atoms with Crippen molar-refractivity contribution in [3.63, 3.8) is 0 Å². The van der Waals surface area contributed by atoms with Crippen molar-refractivity contribution in [1.29, 1.82) is 0 Å². The van der Waals surface area contributed by atoms with E-state index in [9.17, 15) is 18.0 Å². The van der Waals surface area contributed by atoms with Crippen molar-refractivity contribution in [3.8, 4) is 11.5 Å². The van der Waals surface area contributed by atoms with Gasteiger partial charge in [-0.05, 0) is 79.7 Å². The lowest BCUT2D eigenvalue weighted by molar-refractivity contribution is -0.130. The molecular formula is C25H27N3O6S. The topological polar surface area (TPSA) is 114 Å². The second-order valence-electron chi connectivity index (χ2n) is 7.64. The number of nitrogens with one attached hydrogen (secondary N) is 2. The van der Waals surface area contributed by atoms with E-state index in [1.807, 2.05) is 6.92 Å². The molecule has 0 aliphatic heterocycles. The van der Waals surface area contributed by atoms with Gasteiger partial charge in [-0.3, -0.25) is 14.3 Å². The maximum absolute atomic E-state index is 12.7. The largest absolute Gasteiger partial charge is 0.494 e. The van der Waals surface area contributed by atoms with E-state index in [4.69, 9.17) is 9.47 Å². The summed E-state index contributed by atoms with van der Waals surface area (Å²) < 4.78 is 38.6. The van der Waals surface area contributed by atoms with Crippen LogP contribution < -0.4 is 19.5 Å². The fraction of sp³-hybridized carbons (Fsp3) is 0.200. The fourth-order valence-corrected chi connectivity index (χ4v) is 3.96. The lowest BCUT2D eigenvalue weighted by atomic mass is 10.2. The molecule has 0 fully saturated rings. The van der Waals surface area contributed by atoms with Crippen LogP contribution in [0.15, 0.2) is 77.7 Å². The molecule has 10 heteroatoms. The van der Waals surface area contributed by atoms with Crippen LogP contribution in [0.2, 0.25) is 0 Å². The van der Waals surface area contributed by atoms with Gasteiger partial charge in [-0.1, -0.05) is 0 Å². The van der Waals surface area contributed by atoms with Crippen molar-refractivity contribution in [3.05, 3.63) is 78.4 Å². The number of hydrogen-bond acceptors (Lipinski definition) is 6. The Labute approximate surface area is 204 Å². The van der Waals surface area contributed by atoms with Gasteiger partial charge in [0.2, 0.25) is 0 Å². The first-order valence-corrected chi connectivity index (χ1v) is 12.3. The summed E-state index contributed by atoms with van der Waals surface area (Å²) in [4.78, 5) is 25.6. The van der Waals surface area contributed by atoms with Gasteiger partial charge < -0.3 is 19.7 Å². The molecule has 0 aliphatic rings. The highest BCUT2D eigenvalue weighted by Crippen LogP contribution is 2.21. The Kier molecular flexibility index (Phi) is 8.32. The van der Waals surface area contributed by atoms with E-state index in [1.54, 1.807) is 62.6 Å². The molecule has 0 unspecified atom stereocenters. The molecule has 35 heavy (non-hydrogen) atoms. The highest BCUT2D eigenvalue weighted by atomic mass is 32.2. The number of anilines is 2. The molecule has 0 heterocycles. The Hall–Kier alpha value is -4.05. The molecule has 0 saturated heterocycles. The molecule has 3 aromatic rings. The molecule has 184 valence electrons. The minimum Gasteiger partial charge on any atom is -0.494 e. The highest BCUT2D eigenvalue weighted by Gasteiger charge is 2.16. The van der Waals surface area contributed by atoms with Crippen LogP contribution in [0, 0.1) is 0 Å². The summed E-state index contributed by atoms with van der Waals surface area (Å²) >= 11 is 0. The number of sulfonamides is 1. The second-order valence-corrected chi connectivity index (χ2v) is 9.33. The number of nitrogens with zero attached hydrogens (tertiary/aromatic N) is 1. The second kappa shape index (κ2) is 11.4. The maximum Gasteiger partial charge on any atom is 0.261 e. The summed E-state index contributed by atoms with van der Waals surface area (Å²) in [5.74, 6) is 0.576. The van der Waals surface area contributed by atoms with Crippen molar-refractivity contribution in [2.75, 3.05) is 37.3 Å². The van der Waals surface area contributed by atoms with Crippen molar-refractivity contribution >= 4 is 33.2 Å². The van der Waals surface area contributed by atoms with Crippen LogP contribution in [0.4, 0.5) is 11.4 Å². The molecule has 0 aliphatic carbocycles. The van der Waals surface area contributed by atoms with Crippen LogP contribution in [0.25, 0.3) is 0 Å². The molecule has 0 atom stereocenters. The monoisotopic (exact) mass is 497 g/mol. The molecule has 3 aromatic carbocycles. The van der Waals surface area contributed by atoms with Crippen molar-refractivity contribution in [2.24, 2.45) is 0 Å². The molecule has 3 rings (SSSR count). The normalized spacial score (nSPS) is 10.8. The zero-order chi connectivity index (χ0) is 25.4. The minimum atomic E-state index is -3.83. The highest BCUT2D eigenvalue weighted by molar-refractivity contribution is 7.92. The molecule has 9 nitrogen and oxygen atoms in total. The Morgan fingerprint density at radius 3 is 1.89 bits per heavy atom. The zero-order valence-electron chi connectivity index (χ0n) is 19.6. The number of benzene rings is 3. The smallest absolute Gasteiger partial charge is 0.261 e. The van der Waals surface area contributed by atoms with Crippen molar-refractivity contribution < 1.29 is 27.5 Å². The number of amides is 2. The van der Waals surface area contributed by atoms with Gasteiger partial charge in [0.05, 0.1) is 11.5 Å². The van der Waals surface area contributed by atoms with E-state index >= 15 is 0 Å². The van der Waals surface area contributed by atoms with Crippen molar-refractivity contribution in [1.82, 2.24) is 4.90 Å². The van der Waals surface area contributed by atoms with Crippen LogP contribution in [0.3, 0.4) is 0 Å². The first kappa shape index (κ1) is 25.6. The third kappa shape index (κ3) is 7.21. The predicted molar refractivity (Wildman–Crippen MR) is 133 cm³/mol. The molecule has 0 bridgehead atoms. The molecule has 0 aromatic heterocycles. The molecule has 0 spiro atoms. The lowest BCUT2D eigenvalue weighted by Gasteiger charge is -2.12. The van der Waals surface area contributed by atoms with Gasteiger partial charge >= 0.3 is 0 Å². The fourth-order valence-electron chi connectivity index (χ4n) is 2.90. The lowest BCUT2D eigenvalue weighted by Crippen LogP contribution is -2.27. The van der Waals surface area contributed by atoms with Crippen molar-refractivity contribution in [2.45, 2.75) is 11.8 Å². The molecular weight excluding hydrogens is 470 g/mol. The molecule has 2 N–H and O–H groups in total. The van der Waals surface area contributed by atoms with Crippen LogP contribution in [-0.4, -0.2) is 52.4 Å². The van der Waals surface area contributed by atoms with E-state index in [1.165, 1.54) is 29.2 Å². The molecule has 0 radical (unpaired) electrons. The minimum absolute atomic E-state index is 0.0247. The summed E-state index contributed by atoms with van der Waals surface area (Å²) in [5, 5.41) is 2.74. The number of rotatable bonds is 10. The number of likely N-dealkylation sites (N-methyl/N-ethyl adjacent to an activating group) is 1. The van der Waals surface area contributed by atoms with Gasteiger partial charge in [-0.25, -0.2) is 8.42 Å². The van der Waals surface area contributed by atoms with Gasteiger partial charge in [0.15, 0.2) is 6.61 Å². The first-order valence-electron chi connectivity index (χ1n) is 10.8. The average molecular weight is 498 g/mol. The Morgan fingerprint density at radius 2 is 1.34 bits per heavy atom. The van der Waals surface area contributed by atoms with E-state index in [2.05, 4.69) is 10.0 Å². The van der Waals surface area contributed by atoms with Crippen LogP contribution >= 0.6 is 0 Å². The number of carbonyl (C=O) groups excluding carboxylic acids is 2. The first-order chi connectivity index (χ1) is 16.7. The average Bonchev–Trinajstić information content (AvgIpc) is 2.84. The third-order valence-electron chi connectivity index (χ3n) is 4.82. The summed E-state index contributed by atoms with van der Waals surface area (Å²) in [7, 11) is -0.538. The third-order valence-corrected chi connectivity index (χ3v) is 6.21. The molecule has 2 amide bonds. The van der Waals surface area contributed by atoms with E-state index in [-0.39, 0.29) is 17.4 Å². The van der Waals surface area contributed by atoms with Gasteiger partial charge in [0.25, 0.3) is 21.8 Å². The van der Waals surface area contributed by atoms with Gasteiger partial charge in [-0.15, -0.1) is 0 Å². The summed E-state index contributed by atoms with van der Waals surface area (Å²) in [6.07, 6.45) is 0. The van der Waals surface area contributed by atoms with Gasteiger partial charge in [0, 0.05) is 31.0 Å². The van der Waals surface area contributed by atoms with E-state index in [0.29, 0.717) is 35.0 Å². The maximum atomic E-state index is 12.7. The van der Waals surface area contributed by atoms with Crippen LogP contribution in [0.1, 0.15) is 17.3 Å². The summed E-state index contributed by atoms with van der Waals surface area (Å²) in [6.45, 7) is 2.30. The number of carbonyl (C=O) groups is 2. The Morgan fingerprint density at radius 1 is 0.800 bits per heavy atom. The molecule has 0 saturated carbocycles. The van der Waals surface area contributed by atoms with Crippen LogP contribution in [0.5, 0.6) is 11.5 Å². The van der Waals surface area contributed by atoms with Gasteiger partial charge in [0.1, 0.15) is 11.5 Å². The number of ether oxygens (including phenoxy) is 2. The zero-order valence-corrected chi connectivity index (χ0v) is 20.5. The number of hydrogen-bond donors (Lipinski definition) is 2. The SMILES string of the molecule is CCOc1ccc(NS(=O)(=O)c2ccc(C(=O)Nc3ccc(OCC(=O)N(C)C)cc3)cc2)cc1. The summed E-state index contributed by atoms with van der Waals surface area (Å²) in [5.41, 5.74) is 1.21. The van der Waals surface area contributed by atoms with E-state index in [0.717, 1.165) is 0 Å².